The first kappa shape index (κ1) is 21.2. The van der Waals surface area contributed by atoms with Crippen molar-refractivity contribution in [3.8, 4) is 11.1 Å². The van der Waals surface area contributed by atoms with E-state index in [1.165, 1.54) is 11.6 Å². The number of anilines is 1. The van der Waals surface area contributed by atoms with Crippen LogP contribution >= 0.6 is 0 Å². The second-order valence-electron chi connectivity index (χ2n) is 8.77. The molecule has 0 bridgehead atoms. The molecule has 3 aromatic carbocycles. The number of nitrogens with one attached hydrogen (secondary N) is 1. The van der Waals surface area contributed by atoms with Crippen LogP contribution < -0.4 is 5.32 Å². The Bertz CT molecular complexity index is 1300. The molecular weight excluding hydrogens is 417 g/mol. The molecule has 0 saturated carbocycles. The van der Waals surface area contributed by atoms with Crippen molar-refractivity contribution < 1.29 is 13.6 Å². The fraction of sp³-hybridized carbons (Fsp3) is 0.259. The van der Waals surface area contributed by atoms with Gasteiger partial charge in [0.2, 0.25) is 5.89 Å². The zero-order chi connectivity index (χ0) is 22.9. The maximum atomic E-state index is 14.2. The fourth-order valence-electron chi connectivity index (χ4n) is 4.36. The van der Waals surface area contributed by atoms with Crippen LogP contribution in [0.2, 0.25) is 0 Å². The van der Waals surface area contributed by atoms with Crippen molar-refractivity contribution in [3.05, 3.63) is 84.0 Å². The summed E-state index contributed by atoms with van der Waals surface area (Å²) in [6, 6.07) is 19.7. The van der Waals surface area contributed by atoms with Crippen LogP contribution in [0.25, 0.3) is 22.2 Å². The van der Waals surface area contributed by atoms with Gasteiger partial charge in [0, 0.05) is 17.8 Å². The van der Waals surface area contributed by atoms with Gasteiger partial charge in [-0.2, -0.15) is 0 Å². The molecular formula is C27H26FN3O2. The first-order valence-corrected chi connectivity index (χ1v) is 11.3. The number of halogens is 1. The smallest absolute Gasteiger partial charge is 0.322 e. The minimum atomic E-state index is -0.277. The Labute approximate surface area is 192 Å². The molecule has 2 heterocycles. The van der Waals surface area contributed by atoms with Crippen LogP contribution in [0, 0.1) is 5.82 Å². The number of likely N-dealkylation sites (tertiary alicyclic amines) is 1. The third-order valence-electron chi connectivity index (χ3n) is 6.22. The van der Waals surface area contributed by atoms with E-state index >= 15 is 0 Å². The molecule has 2 amide bonds. The van der Waals surface area contributed by atoms with Crippen LogP contribution in [0.4, 0.5) is 14.9 Å². The zero-order valence-corrected chi connectivity index (χ0v) is 18.7. The molecule has 5 rings (SSSR count). The molecule has 1 aliphatic rings. The maximum Gasteiger partial charge on any atom is 0.322 e. The van der Waals surface area contributed by atoms with Gasteiger partial charge >= 0.3 is 6.03 Å². The van der Waals surface area contributed by atoms with E-state index in [1.54, 1.807) is 17.0 Å². The molecule has 1 fully saturated rings. The molecule has 5 nitrogen and oxygen atoms in total. The van der Waals surface area contributed by atoms with E-state index in [9.17, 15) is 9.18 Å². The normalized spacial score (nSPS) is 16.0. The van der Waals surface area contributed by atoms with Crippen molar-refractivity contribution in [1.82, 2.24) is 9.88 Å². The van der Waals surface area contributed by atoms with E-state index < -0.39 is 0 Å². The highest BCUT2D eigenvalue weighted by molar-refractivity contribution is 5.90. The van der Waals surface area contributed by atoms with Gasteiger partial charge in [-0.3, -0.25) is 0 Å². The molecule has 4 aromatic rings. The summed E-state index contributed by atoms with van der Waals surface area (Å²) in [6.07, 6.45) is 1.66. The second kappa shape index (κ2) is 8.70. The average Bonchev–Trinajstić information content (AvgIpc) is 3.46. The lowest BCUT2D eigenvalue weighted by Gasteiger charge is -2.22. The molecule has 168 valence electrons. The maximum absolute atomic E-state index is 14.2. The summed E-state index contributed by atoms with van der Waals surface area (Å²) in [5.41, 5.74) is 4.54. The van der Waals surface area contributed by atoms with Gasteiger partial charge < -0.3 is 14.6 Å². The third kappa shape index (κ3) is 4.21. The van der Waals surface area contributed by atoms with Crippen molar-refractivity contribution in [2.45, 2.75) is 38.6 Å². The first-order chi connectivity index (χ1) is 16.0. The van der Waals surface area contributed by atoms with E-state index in [1.807, 2.05) is 48.5 Å². The lowest BCUT2D eigenvalue weighted by molar-refractivity contribution is 0.199. The summed E-state index contributed by atoms with van der Waals surface area (Å²) >= 11 is 0. The topological polar surface area (TPSA) is 58.4 Å². The Morgan fingerprint density at radius 2 is 1.91 bits per heavy atom. The number of carbonyl (C=O) groups is 1. The van der Waals surface area contributed by atoms with Crippen LogP contribution in [-0.4, -0.2) is 22.5 Å². The Kier molecular flexibility index (Phi) is 5.58. The third-order valence-corrected chi connectivity index (χ3v) is 6.22. The predicted molar refractivity (Wildman–Crippen MR) is 128 cm³/mol. The van der Waals surface area contributed by atoms with E-state index in [0.717, 1.165) is 24.1 Å². The van der Waals surface area contributed by atoms with Crippen LogP contribution in [0.15, 0.2) is 71.1 Å². The molecule has 0 spiro atoms. The molecule has 0 aliphatic carbocycles. The monoisotopic (exact) mass is 443 g/mol. The van der Waals surface area contributed by atoms with Crippen LogP contribution in [-0.2, 0) is 0 Å². The van der Waals surface area contributed by atoms with Gasteiger partial charge in [-0.05, 0) is 60.2 Å². The molecule has 1 atom stereocenters. The van der Waals surface area contributed by atoms with Gasteiger partial charge in [0.1, 0.15) is 17.4 Å². The van der Waals surface area contributed by atoms with E-state index in [-0.39, 0.29) is 17.9 Å². The minimum Gasteiger partial charge on any atom is -0.438 e. The second-order valence-corrected chi connectivity index (χ2v) is 8.77. The van der Waals surface area contributed by atoms with Crippen LogP contribution in [0.1, 0.15) is 50.1 Å². The SMILES string of the molecule is CC(C)c1ccc(NC(=O)N2CCC[C@@H]2c2nc3cc(-c4ccccc4F)ccc3o2)cc1. The number of nitrogens with zero attached hydrogens (tertiary/aromatic N) is 2. The van der Waals surface area contributed by atoms with Gasteiger partial charge in [-0.1, -0.05) is 50.2 Å². The Morgan fingerprint density at radius 1 is 1.12 bits per heavy atom. The Morgan fingerprint density at radius 3 is 2.67 bits per heavy atom. The molecule has 1 N–H and O–H groups in total. The minimum absolute atomic E-state index is 0.163. The fourth-order valence-corrected chi connectivity index (χ4v) is 4.36. The highest BCUT2D eigenvalue weighted by atomic mass is 19.1. The number of aromatic nitrogens is 1. The molecule has 1 aromatic heterocycles. The quantitative estimate of drug-likeness (QED) is 0.365. The van der Waals surface area contributed by atoms with Gasteiger partial charge in [0.15, 0.2) is 5.58 Å². The van der Waals surface area contributed by atoms with Crippen molar-refractivity contribution in [2.24, 2.45) is 0 Å². The largest absolute Gasteiger partial charge is 0.438 e. The number of hydrogen-bond donors (Lipinski definition) is 1. The predicted octanol–water partition coefficient (Wildman–Crippen LogP) is 7.13. The van der Waals surface area contributed by atoms with Gasteiger partial charge in [0.25, 0.3) is 0 Å². The number of rotatable bonds is 4. The summed E-state index contributed by atoms with van der Waals surface area (Å²) in [5.74, 6) is 0.676. The number of hydrogen-bond acceptors (Lipinski definition) is 3. The molecule has 33 heavy (non-hydrogen) atoms. The Hall–Kier alpha value is -3.67. The van der Waals surface area contributed by atoms with Gasteiger partial charge in [-0.25, -0.2) is 14.2 Å². The Balaban J connectivity index is 1.37. The standard InChI is InChI=1S/C27H26FN3O2/c1-17(2)18-9-12-20(13-10-18)29-27(32)31-15-5-8-24(31)26-30-23-16-19(11-14-25(23)33-26)21-6-3-4-7-22(21)28/h3-4,6-7,9-14,16-17,24H,5,8,15H2,1-2H3,(H,29,32)/t24-/m1/s1. The number of fused-ring (bicyclic) bond motifs is 1. The number of amides is 2. The molecule has 0 unspecified atom stereocenters. The highest BCUT2D eigenvalue weighted by Gasteiger charge is 2.33. The summed E-state index contributed by atoms with van der Waals surface area (Å²) in [4.78, 5) is 19.5. The van der Waals surface area contributed by atoms with Crippen LogP contribution in [0.5, 0.6) is 0 Å². The first-order valence-electron chi connectivity index (χ1n) is 11.3. The number of urea groups is 1. The van der Waals surface area contributed by atoms with Crippen molar-refractivity contribution in [2.75, 3.05) is 11.9 Å². The lowest BCUT2D eigenvalue weighted by Crippen LogP contribution is -2.34. The van der Waals surface area contributed by atoms with Gasteiger partial charge in [0.05, 0.1) is 0 Å². The number of carbonyl (C=O) groups excluding carboxylic acids is 1. The number of benzene rings is 3. The molecule has 0 radical (unpaired) electrons. The van der Waals surface area contributed by atoms with Crippen molar-refractivity contribution in [3.63, 3.8) is 0 Å². The lowest BCUT2D eigenvalue weighted by atomic mass is 10.0. The van der Waals surface area contributed by atoms with Crippen LogP contribution in [0.3, 0.4) is 0 Å². The molecule has 1 aliphatic heterocycles. The summed E-state index contributed by atoms with van der Waals surface area (Å²) in [5, 5.41) is 3.00. The van der Waals surface area contributed by atoms with Crippen molar-refractivity contribution in [1.29, 1.82) is 0 Å². The van der Waals surface area contributed by atoms with E-state index in [0.29, 0.717) is 35.0 Å². The van der Waals surface area contributed by atoms with E-state index in [2.05, 4.69) is 24.1 Å². The molecule has 1 saturated heterocycles. The average molecular weight is 444 g/mol. The van der Waals surface area contributed by atoms with E-state index in [4.69, 9.17) is 4.42 Å². The number of oxazole rings is 1. The summed E-state index contributed by atoms with van der Waals surface area (Å²) in [7, 11) is 0. The van der Waals surface area contributed by atoms with Gasteiger partial charge in [-0.15, -0.1) is 0 Å². The highest BCUT2D eigenvalue weighted by Crippen LogP contribution is 2.35. The van der Waals surface area contributed by atoms with Crippen molar-refractivity contribution >= 4 is 22.8 Å². The zero-order valence-electron chi connectivity index (χ0n) is 18.7. The summed E-state index contributed by atoms with van der Waals surface area (Å²) in [6.45, 7) is 4.92. The summed E-state index contributed by atoms with van der Waals surface area (Å²) < 4.78 is 20.2. The molecule has 6 heteroatoms.